The number of ether oxygens (including phenoxy) is 2. The van der Waals surface area contributed by atoms with Gasteiger partial charge in [-0.15, -0.1) is 0 Å². The maximum absolute atomic E-state index is 11.7. The van der Waals surface area contributed by atoms with E-state index in [-0.39, 0.29) is 12.2 Å². The maximum Gasteiger partial charge on any atom is 0.407 e. The number of alkyl carbamates (subject to hydrolysis) is 1. The number of aromatic amines is 1. The number of methoxy groups -OCH3 is 2. The van der Waals surface area contributed by atoms with E-state index in [4.69, 9.17) is 0 Å². The van der Waals surface area contributed by atoms with Crippen molar-refractivity contribution in [1.29, 1.82) is 0 Å². The summed E-state index contributed by atoms with van der Waals surface area (Å²) in [4.78, 5) is 26.0. The minimum Gasteiger partial charge on any atom is -0.508 e. The van der Waals surface area contributed by atoms with Crippen molar-refractivity contribution in [3.05, 3.63) is 30.0 Å². The summed E-state index contributed by atoms with van der Waals surface area (Å²) < 4.78 is 9.18. The van der Waals surface area contributed by atoms with E-state index < -0.39 is 18.1 Å². The van der Waals surface area contributed by atoms with Gasteiger partial charge < -0.3 is 24.9 Å². The van der Waals surface area contributed by atoms with Crippen molar-refractivity contribution in [3.63, 3.8) is 0 Å². The van der Waals surface area contributed by atoms with E-state index in [2.05, 4.69) is 19.8 Å². The van der Waals surface area contributed by atoms with E-state index >= 15 is 0 Å². The van der Waals surface area contributed by atoms with Crippen LogP contribution in [0, 0.1) is 0 Å². The molecule has 1 heterocycles. The first-order valence-corrected chi connectivity index (χ1v) is 6.26. The van der Waals surface area contributed by atoms with Crippen LogP contribution in [0.15, 0.2) is 24.4 Å². The van der Waals surface area contributed by atoms with Gasteiger partial charge in [0.2, 0.25) is 0 Å². The molecule has 112 valence electrons. The third-order valence-electron chi connectivity index (χ3n) is 3.14. The molecule has 2 aromatic rings. The molecule has 3 N–H and O–H groups in total. The number of fused-ring (bicyclic) bond motifs is 1. The molecule has 2 rings (SSSR count). The Hall–Kier alpha value is -2.70. The number of phenolic OH excluding ortho intramolecular Hbond substituents is 1. The first-order chi connectivity index (χ1) is 10.0. The van der Waals surface area contributed by atoms with Gasteiger partial charge in [0.1, 0.15) is 11.8 Å². The molecule has 0 radical (unpaired) electrons. The Bertz CT molecular complexity index is 664. The quantitative estimate of drug-likeness (QED) is 0.738. The van der Waals surface area contributed by atoms with Crippen molar-refractivity contribution < 1.29 is 24.2 Å². The zero-order valence-electron chi connectivity index (χ0n) is 11.7. The van der Waals surface area contributed by atoms with Gasteiger partial charge in [0, 0.05) is 29.6 Å². The molecule has 0 bridgehead atoms. The van der Waals surface area contributed by atoms with Crippen LogP contribution in [-0.4, -0.2) is 42.4 Å². The Kier molecular flexibility index (Phi) is 4.32. The van der Waals surface area contributed by atoms with E-state index in [0.717, 1.165) is 16.5 Å². The van der Waals surface area contributed by atoms with Gasteiger partial charge >= 0.3 is 12.1 Å². The summed E-state index contributed by atoms with van der Waals surface area (Å²) in [6.07, 6.45) is 1.26. The molecule has 1 aromatic carbocycles. The second-order valence-electron chi connectivity index (χ2n) is 4.46. The highest BCUT2D eigenvalue weighted by molar-refractivity contribution is 5.86. The van der Waals surface area contributed by atoms with E-state index in [0.29, 0.717) is 0 Å². The highest BCUT2D eigenvalue weighted by Gasteiger charge is 2.23. The number of phenols is 1. The van der Waals surface area contributed by atoms with Gasteiger partial charge in [-0.25, -0.2) is 9.59 Å². The molecule has 0 saturated carbocycles. The minimum atomic E-state index is -0.852. The van der Waals surface area contributed by atoms with Crippen LogP contribution in [0.2, 0.25) is 0 Å². The van der Waals surface area contributed by atoms with Crippen molar-refractivity contribution in [2.24, 2.45) is 0 Å². The highest BCUT2D eigenvalue weighted by atomic mass is 16.5. The molecule has 21 heavy (non-hydrogen) atoms. The Balaban J connectivity index is 2.25. The number of hydrogen-bond donors (Lipinski definition) is 3. The lowest BCUT2D eigenvalue weighted by molar-refractivity contribution is -0.142. The van der Waals surface area contributed by atoms with E-state index in [1.54, 1.807) is 24.4 Å². The second-order valence-corrected chi connectivity index (χ2v) is 4.46. The van der Waals surface area contributed by atoms with Crippen molar-refractivity contribution in [2.45, 2.75) is 12.5 Å². The van der Waals surface area contributed by atoms with Gasteiger partial charge in [0.05, 0.1) is 14.2 Å². The molecule has 7 nitrogen and oxygen atoms in total. The van der Waals surface area contributed by atoms with E-state index in [1.165, 1.54) is 14.2 Å². The summed E-state index contributed by atoms with van der Waals surface area (Å²) in [7, 11) is 2.47. The molecule has 0 unspecified atom stereocenters. The van der Waals surface area contributed by atoms with Crippen molar-refractivity contribution in [1.82, 2.24) is 10.3 Å². The van der Waals surface area contributed by atoms with Crippen LogP contribution >= 0.6 is 0 Å². The molecule has 0 aliphatic heterocycles. The molecule has 0 fully saturated rings. The zero-order chi connectivity index (χ0) is 15.4. The lowest BCUT2D eigenvalue weighted by atomic mass is 10.0. The Morgan fingerprint density at radius 3 is 2.76 bits per heavy atom. The molecule has 1 aromatic heterocycles. The number of H-pyrrole nitrogens is 1. The summed E-state index contributed by atoms with van der Waals surface area (Å²) >= 11 is 0. The van der Waals surface area contributed by atoms with Gasteiger partial charge in [0.25, 0.3) is 0 Å². The number of carbonyl (C=O) groups is 2. The molecule has 1 atom stereocenters. The Morgan fingerprint density at radius 2 is 2.10 bits per heavy atom. The SMILES string of the molecule is COC(=O)N[C@@H](Cc1c[nH]c2cc(O)ccc12)C(=O)OC. The summed E-state index contributed by atoms with van der Waals surface area (Å²) in [6, 6.07) is 4.03. The van der Waals surface area contributed by atoms with Crippen LogP contribution in [0.3, 0.4) is 0 Å². The standard InChI is InChI=1S/C14H16N2O5/c1-20-13(18)12(16-14(19)21-2)5-8-7-15-11-6-9(17)3-4-10(8)11/h3-4,6-7,12,15,17H,5H2,1-2H3,(H,16,19)/t12-/m0/s1. The topological polar surface area (TPSA) is 101 Å². The van der Waals surface area contributed by atoms with Gasteiger partial charge in [-0.1, -0.05) is 0 Å². The molecule has 1 amide bonds. The van der Waals surface area contributed by atoms with Gasteiger partial charge in [-0.2, -0.15) is 0 Å². The third kappa shape index (κ3) is 3.25. The van der Waals surface area contributed by atoms with Gasteiger partial charge in [-0.3, -0.25) is 0 Å². The summed E-state index contributed by atoms with van der Waals surface area (Å²) in [5.41, 5.74) is 1.56. The maximum atomic E-state index is 11.7. The predicted octanol–water partition coefficient (Wildman–Crippen LogP) is 1.31. The smallest absolute Gasteiger partial charge is 0.407 e. The zero-order valence-corrected chi connectivity index (χ0v) is 11.7. The van der Waals surface area contributed by atoms with Crippen molar-refractivity contribution >= 4 is 23.0 Å². The van der Waals surface area contributed by atoms with Crippen molar-refractivity contribution in [3.8, 4) is 5.75 Å². The van der Waals surface area contributed by atoms with Crippen LogP contribution in [0.5, 0.6) is 5.75 Å². The number of amides is 1. The Morgan fingerprint density at radius 1 is 1.33 bits per heavy atom. The fourth-order valence-corrected chi connectivity index (χ4v) is 2.10. The number of benzene rings is 1. The molecule has 7 heteroatoms. The summed E-state index contributed by atoms with van der Waals surface area (Å²) in [5, 5.41) is 12.7. The lowest BCUT2D eigenvalue weighted by Crippen LogP contribution is -2.42. The predicted molar refractivity (Wildman–Crippen MR) is 75.0 cm³/mol. The molecule has 0 spiro atoms. The largest absolute Gasteiger partial charge is 0.508 e. The van der Waals surface area contributed by atoms with E-state index in [9.17, 15) is 14.7 Å². The van der Waals surface area contributed by atoms with Crippen LogP contribution in [-0.2, 0) is 20.7 Å². The third-order valence-corrected chi connectivity index (χ3v) is 3.14. The monoisotopic (exact) mass is 292 g/mol. The van der Waals surface area contributed by atoms with Gasteiger partial charge in [0.15, 0.2) is 0 Å². The van der Waals surface area contributed by atoms with Crippen LogP contribution in [0.4, 0.5) is 4.79 Å². The fraction of sp³-hybridized carbons (Fsp3) is 0.286. The van der Waals surface area contributed by atoms with Crippen molar-refractivity contribution in [2.75, 3.05) is 14.2 Å². The van der Waals surface area contributed by atoms with Crippen LogP contribution < -0.4 is 5.32 Å². The highest BCUT2D eigenvalue weighted by Crippen LogP contribution is 2.23. The van der Waals surface area contributed by atoms with Crippen LogP contribution in [0.1, 0.15) is 5.56 Å². The van der Waals surface area contributed by atoms with E-state index in [1.807, 2.05) is 0 Å². The first kappa shape index (κ1) is 14.7. The lowest BCUT2D eigenvalue weighted by Gasteiger charge is -2.15. The molecule has 0 aliphatic rings. The number of carbonyl (C=O) groups excluding carboxylic acids is 2. The fourth-order valence-electron chi connectivity index (χ4n) is 2.10. The number of rotatable bonds is 4. The molecular formula is C14H16N2O5. The summed E-state index contributed by atoms with van der Waals surface area (Å²) in [6.45, 7) is 0. The molecular weight excluding hydrogens is 276 g/mol. The summed E-state index contributed by atoms with van der Waals surface area (Å²) in [5.74, 6) is -0.415. The number of nitrogens with one attached hydrogen (secondary N) is 2. The number of aromatic nitrogens is 1. The van der Waals surface area contributed by atoms with Crippen LogP contribution in [0.25, 0.3) is 10.9 Å². The molecule has 0 saturated heterocycles. The van der Waals surface area contributed by atoms with Gasteiger partial charge in [-0.05, 0) is 17.7 Å². The average molecular weight is 292 g/mol. The number of hydrogen-bond acceptors (Lipinski definition) is 5. The number of aromatic hydroxyl groups is 1. The number of esters is 1. The Labute approximate surface area is 120 Å². The average Bonchev–Trinajstić information content (AvgIpc) is 2.87. The first-order valence-electron chi connectivity index (χ1n) is 6.26. The normalized spacial score (nSPS) is 11.9. The molecule has 0 aliphatic carbocycles. The minimum absolute atomic E-state index is 0.146. The second kappa shape index (κ2) is 6.17.